The van der Waals surface area contributed by atoms with Gasteiger partial charge in [-0.15, -0.1) is 0 Å². The van der Waals surface area contributed by atoms with E-state index in [-0.39, 0.29) is 29.9 Å². The zero-order valence-corrected chi connectivity index (χ0v) is 17.0. The molecule has 1 atom stereocenters. The van der Waals surface area contributed by atoms with Crippen LogP contribution in [-0.2, 0) is 14.8 Å². The third-order valence-electron chi connectivity index (χ3n) is 4.29. The Balaban J connectivity index is 1.83. The molecule has 2 aromatic rings. The van der Waals surface area contributed by atoms with Crippen LogP contribution in [0.5, 0.6) is 0 Å². The molecule has 1 N–H and O–H groups in total. The van der Waals surface area contributed by atoms with Crippen LogP contribution in [0, 0.1) is 0 Å². The smallest absolute Gasteiger partial charge is 0.243 e. The van der Waals surface area contributed by atoms with E-state index in [4.69, 9.17) is 0 Å². The van der Waals surface area contributed by atoms with Crippen molar-refractivity contribution < 1.29 is 13.2 Å². The number of amides is 1. The molecule has 0 saturated carbocycles. The number of likely N-dealkylation sites (N-methyl/N-ethyl adjacent to an activating group) is 1. The Morgan fingerprint density at radius 3 is 2.88 bits per heavy atom. The Bertz CT molecular complexity index is 927. The Labute approximate surface area is 161 Å². The van der Waals surface area contributed by atoms with Gasteiger partial charge in [0.1, 0.15) is 0 Å². The van der Waals surface area contributed by atoms with Crippen LogP contribution in [0.3, 0.4) is 0 Å². The van der Waals surface area contributed by atoms with Crippen molar-refractivity contribution in [3.8, 4) is 0 Å². The van der Waals surface area contributed by atoms with Crippen LogP contribution in [-0.4, -0.2) is 68.3 Å². The third-order valence-corrected chi connectivity index (χ3v) is 6.80. The van der Waals surface area contributed by atoms with Gasteiger partial charge in [-0.2, -0.15) is 4.31 Å². The highest BCUT2D eigenvalue weighted by Crippen LogP contribution is 2.32. The molecule has 3 rings (SSSR count). The van der Waals surface area contributed by atoms with Gasteiger partial charge in [-0.25, -0.2) is 8.42 Å². The van der Waals surface area contributed by atoms with E-state index in [1.54, 1.807) is 29.4 Å². The first-order valence-electron chi connectivity index (χ1n) is 8.25. The lowest BCUT2D eigenvalue weighted by Crippen LogP contribution is -2.42. The second kappa shape index (κ2) is 7.59. The Morgan fingerprint density at radius 1 is 1.38 bits per heavy atom. The maximum absolute atomic E-state index is 13.2. The van der Waals surface area contributed by atoms with Crippen LogP contribution in [0.2, 0.25) is 0 Å². The SMILES string of the molecule is CN(C)CC(=O)N[C@H]1CCN(S(=O)(=O)c2cccc3cncc(Br)c23)C1. The number of pyridine rings is 1. The van der Waals surface area contributed by atoms with Crippen LogP contribution in [0.15, 0.2) is 40.0 Å². The molecule has 26 heavy (non-hydrogen) atoms. The first-order chi connectivity index (χ1) is 12.3. The molecule has 0 aliphatic carbocycles. The fourth-order valence-corrected chi connectivity index (χ4v) is 5.57. The number of benzene rings is 1. The molecular formula is C17H21BrN4O3S. The summed E-state index contributed by atoms with van der Waals surface area (Å²) in [6.45, 7) is 0.946. The number of rotatable bonds is 5. The summed E-state index contributed by atoms with van der Waals surface area (Å²) in [5, 5.41) is 4.29. The van der Waals surface area contributed by atoms with Crippen LogP contribution in [0.1, 0.15) is 6.42 Å². The molecule has 9 heteroatoms. The average molecular weight is 441 g/mol. The highest BCUT2D eigenvalue weighted by atomic mass is 79.9. The van der Waals surface area contributed by atoms with E-state index >= 15 is 0 Å². The van der Waals surface area contributed by atoms with Crippen molar-refractivity contribution in [3.05, 3.63) is 35.1 Å². The summed E-state index contributed by atoms with van der Waals surface area (Å²) in [7, 11) is -0.0304. The molecule has 1 aromatic heterocycles. The number of carbonyl (C=O) groups is 1. The summed E-state index contributed by atoms with van der Waals surface area (Å²) in [5.41, 5.74) is 0. The standard InChI is InChI=1S/C17H21BrN4O3S/c1-21(2)11-16(23)20-13-6-7-22(10-13)26(24,25)15-5-3-4-12-8-19-9-14(18)17(12)15/h3-5,8-9,13H,6-7,10-11H2,1-2H3,(H,20,23)/t13-/m0/s1. The minimum atomic E-state index is -3.67. The normalized spacial score (nSPS) is 18.5. The highest BCUT2D eigenvalue weighted by Gasteiger charge is 2.34. The Morgan fingerprint density at radius 2 is 2.15 bits per heavy atom. The van der Waals surface area contributed by atoms with E-state index in [0.29, 0.717) is 22.8 Å². The van der Waals surface area contributed by atoms with Crippen molar-refractivity contribution >= 4 is 42.6 Å². The lowest BCUT2D eigenvalue weighted by atomic mass is 10.2. The monoisotopic (exact) mass is 440 g/mol. The molecule has 1 aliphatic rings. The number of fused-ring (bicyclic) bond motifs is 1. The lowest BCUT2D eigenvalue weighted by molar-refractivity contribution is -0.122. The van der Waals surface area contributed by atoms with Gasteiger partial charge >= 0.3 is 0 Å². The van der Waals surface area contributed by atoms with E-state index < -0.39 is 10.0 Å². The van der Waals surface area contributed by atoms with Gasteiger partial charge in [0.15, 0.2) is 0 Å². The van der Waals surface area contributed by atoms with E-state index in [2.05, 4.69) is 26.2 Å². The van der Waals surface area contributed by atoms with Gasteiger partial charge in [-0.05, 0) is 42.5 Å². The number of carbonyl (C=O) groups excluding carboxylic acids is 1. The molecule has 140 valence electrons. The van der Waals surface area contributed by atoms with Gasteiger partial charge in [0.2, 0.25) is 15.9 Å². The zero-order chi connectivity index (χ0) is 18.9. The maximum atomic E-state index is 13.2. The number of nitrogens with zero attached hydrogens (tertiary/aromatic N) is 3. The lowest BCUT2D eigenvalue weighted by Gasteiger charge is -2.19. The second-order valence-corrected chi connectivity index (χ2v) is 9.39. The van der Waals surface area contributed by atoms with Crippen LogP contribution < -0.4 is 5.32 Å². The van der Waals surface area contributed by atoms with Gasteiger partial charge in [0.05, 0.1) is 11.4 Å². The third kappa shape index (κ3) is 3.90. The minimum Gasteiger partial charge on any atom is -0.351 e. The van der Waals surface area contributed by atoms with Crippen molar-refractivity contribution in [1.82, 2.24) is 19.5 Å². The van der Waals surface area contributed by atoms with E-state index in [1.165, 1.54) is 4.31 Å². The Kier molecular flexibility index (Phi) is 5.61. The van der Waals surface area contributed by atoms with Crippen LogP contribution >= 0.6 is 15.9 Å². The summed E-state index contributed by atoms with van der Waals surface area (Å²) >= 11 is 3.41. The summed E-state index contributed by atoms with van der Waals surface area (Å²) in [6, 6.07) is 4.99. The molecule has 0 spiro atoms. The fourth-order valence-electron chi connectivity index (χ4n) is 3.14. The summed E-state index contributed by atoms with van der Waals surface area (Å²) in [6.07, 6.45) is 3.84. The molecule has 1 aliphatic heterocycles. The second-order valence-electron chi connectivity index (χ2n) is 6.63. The minimum absolute atomic E-state index is 0.0989. The van der Waals surface area contributed by atoms with Crippen molar-refractivity contribution in [3.63, 3.8) is 0 Å². The molecule has 1 aromatic carbocycles. The molecule has 1 fully saturated rings. The van der Waals surface area contributed by atoms with E-state index in [1.807, 2.05) is 20.2 Å². The summed E-state index contributed by atoms with van der Waals surface area (Å²) in [5.74, 6) is -0.0989. The van der Waals surface area contributed by atoms with Gasteiger partial charge in [0, 0.05) is 46.8 Å². The van der Waals surface area contributed by atoms with E-state index in [0.717, 1.165) is 5.39 Å². The van der Waals surface area contributed by atoms with Gasteiger partial charge < -0.3 is 10.2 Å². The number of hydrogen-bond acceptors (Lipinski definition) is 5. The number of nitrogens with one attached hydrogen (secondary N) is 1. The number of sulfonamides is 1. The first-order valence-corrected chi connectivity index (χ1v) is 10.5. The number of hydrogen-bond donors (Lipinski definition) is 1. The highest BCUT2D eigenvalue weighted by molar-refractivity contribution is 9.10. The summed E-state index contributed by atoms with van der Waals surface area (Å²) < 4.78 is 28.4. The van der Waals surface area contributed by atoms with Crippen molar-refractivity contribution in [1.29, 1.82) is 0 Å². The van der Waals surface area contributed by atoms with Crippen molar-refractivity contribution in [2.24, 2.45) is 0 Å². The molecule has 2 heterocycles. The average Bonchev–Trinajstić information content (AvgIpc) is 3.03. The maximum Gasteiger partial charge on any atom is 0.243 e. The first kappa shape index (κ1) is 19.2. The number of halogens is 1. The predicted octanol–water partition coefficient (Wildman–Crippen LogP) is 1.44. The quantitative estimate of drug-likeness (QED) is 0.760. The summed E-state index contributed by atoms with van der Waals surface area (Å²) in [4.78, 5) is 18.0. The van der Waals surface area contributed by atoms with Gasteiger partial charge in [0.25, 0.3) is 0 Å². The van der Waals surface area contributed by atoms with E-state index in [9.17, 15) is 13.2 Å². The molecular weight excluding hydrogens is 420 g/mol. The molecule has 0 unspecified atom stereocenters. The van der Waals surface area contributed by atoms with Gasteiger partial charge in [-0.3, -0.25) is 9.78 Å². The topological polar surface area (TPSA) is 82.6 Å². The van der Waals surface area contributed by atoms with Crippen LogP contribution in [0.25, 0.3) is 10.8 Å². The molecule has 0 bridgehead atoms. The van der Waals surface area contributed by atoms with Gasteiger partial charge in [-0.1, -0.05) is 12.1 Å². The zero-order valence-electron chi connectivity index (χ0n) is 14.6. The molecule has 0 radical (unpaired) electrons. The van der Waals surface area contributed by atoms with Crippen molar-refractivity contribution in [2.45, 2.75) is 17.4 Å². The molecule has 1 saturated heterocycles. The Hall–Kier alpha value is -1.55. The predicted molar refractivity (Wildman–Crippen MR) is 103 cm³/mol. The van der Waals surface area contributed by atoms with Crippen molar-refractivity contribution in [2.75, 3.05) is 33.7 Å². The fraction of sp³-hybridized carbons (Fsp3) is 0.412. The molecule has 1 amide bonds. The largest absolute Gasteiger partial charge is 0.351 e. The number of aromatic nitrogens is 1. The van der Waals surface area contributed by atoms with Crippen LogP contribution in [0.4, 0.5) is 0 Å². The molecule has 7 nitrogen and oxygen atoms in total.